The maximum absolute atomic E-state index is 5.67. The summed E-state index contributed by atoms with van der Waals surface area (Å²) in [5, 5.41) is 5.47. The van der Waals surface area contributed by atoms with Crippen molar-refractivity contribution in [2.24, 2.45) is 12.8 Å². The van der Waals surface area contributed by atoms with Gasteiger partial charge < -0.3 is 10.2 Å². The minimum atomic E-state index is 0.407. The van der Waals surface area contributed by atoms with E-state index in [2.05, 4.69) is 21.0 Å². The predicted octanol–water partition coefficient (Wildman–Crippen LogP) is 3.05. The fourth-order valence-corrected chi connectivity index (χ4v) is 2.85. The minimum absolute atomic E-state index is 0.407. The van der Waals surface area contributed by atoms with E-state index in [4.69, 9.17) is 10.2 Å². The third kappa shape index (κ3) is 1.59. The Labute approximate surface area is 113 Å². The average molecular weight is 306 g/mol. The molecule has 0 spiro atoms. The molecule has 18 heavy (non-hydrogen) atoms. The summed E-state index contributed by atoms with van der Waals surface area (Å²) in [7, 11) is 1.90. The first-order valence-corrected chi connectivity index (χ1v) is 6.39. The molecule has 0 radical (unpaired) electrons. The van der Waals surface area contributed by atoms with E-state index >= 15 is 0 Å². The first-order valence-electron chi connectivity index (χ1n) is 5.60. The highest BCUT2D eigenvalue weighted by Crippen LogP contribution is 2.36. The summed E-state index contributed by atoms with van der Waals surface area (Å²) in [6.45, 7) is 0.407. The van der Waals surface area contributed by atoms with E-state index in [9.17, 15) is 0 Å². The van der Waals surface area contributed by atoms with Crippen molar-refractivity contribution in [3.05, 3.63) is 40.7 Å². The Bertz CT molecular complexity index is 714. The molecular weight excluding hydrogens is 294 g/mol. The van der Waals surface area contributed by atoms with Crippen LogP contribution in [0.1, 0.15) is 5.69 Å². The molecule has 0 amide bonds. The van der Waals surface area contributed by atoms with Gasteiger partial charge in [-0.25, -0.2) is 0 Å². The molecule has 4 nitrogen and oxygen atoms in total. The number of benzene rings is 1. The number of fused-ring (bicyclic) bond motifs is 1. The second kappa shape index (κ2) is 4.26. The molecule has 0 saturated carbocycles. The number of nitrogens with zero attached hydrogens (tertiary/aromatic N) is 2. The Morgan fingerprint density at radius 2 is 2.17 bits per heavy atom. The lowest BCUT2D eigenvalue weighted by atomic mass is 10.1. The Morgan fingerprint density at radius 1 is 1.39 bits per heavy atom. The molecule has 0 aliphatic rings. The summed E-state index contributed by atoms with van der Waals surface area (Å²) >= 11 is 3.56. The molecule has 2 aromatic heterocycles. The van der Waals surface area contributed by atoms with Crippen molar-refractivity contribution >= 4 is 26.9 Å². The molecule has 0 aliphatic carbocycles. The second-order valence-corrected chi connectivity index (χ2v) is 4.88. The number of hydrogen-bond donors (Lipinski definition) is 1. The van der Waals surface area contributed by atoms with Crippen LogP contribution in [0.3, 0.4) is 0 Å². The first kappa shape index (κ1) is 11.5. The standard InChI is InChI=1S/C13H12BrN3O/c1-17-13(12(14)10(6-15)16-17)9-7-18-11-5-3-2-4-8(9)11/h2-5,7H,6,15H2,1H3. The lowest BCUT2D eigenvalue weighted by Crippen LogP contribution is -1.99. The zero-order valence-corrected chi connectivity index (χ0v) is 11.4. The van der Waals surface area contributed by atoms with E-state index in [1.54, 1.807) is 6.26 Å². The van der Waals surface area contributed by atoms with Crippen LogP contribution in [0, 0.1) is 0 Å². The Balaban J connectivity index is 2.29. The van der Waals surface area contributed by atoms with Gasteiger partial charge >= 0.3 is 0 Å². The molecule has 0 bridgehead atoms. The van der Waals surface area contributed by atoms with Gasteiger partial charge in [-0.15, -0.1) is 0 Å². The summed E-state index contributed by atoms with van der Waals surface area (Å²) in [5.41, 5.74) is 9.39. The van der Waals surface area contributed by atoms with E-state index in [0.717, 1.165) is 32.4 Å². The number of aryl methyl sites for hydroxylation is 1. The molecule has 92 valence electrons. The molecule has 3 aromatic rings. The van der Waals surface area contributed by atoms with Crippen molar-refractivity contribution in [3.63, 3.8) is 0 Å². The van der Waals surface area contributed by atoms with Crippen molar-refractivity contribution in [2.45, 2.75) is 6.54 Å². The quantitative estimate of drug-likeness (QED) is 0.791. The molecule has 1 aromatic carbocycles. The highest BCUT2D eigenvalue weighted by Gasteiger charge is 2.18. The SMILES string of the molecule is Cn1nc(CN)c(Br)c1-c1coc2ccccc12. The Hall–Kier alpha value is -1.59. The van der Waals surface area contributed by atoms with Crippen LogP contribution in [-0.2, 0) is 13.6 Å². The van der Waals surface area contributed by atoms with Crippen LogP contribution in [0.25, 0.3) is 22.2 Å². The molecule has 2 heterocycles. The largest absolute Gasteiger partial charge is 0.464 e. The normalized spacial score (nSPS) is 11.3. The molecule has 3 rings (SSSR count). The topological polar surface area (TPSA) is 57.0 Å². The number of furan rings is 1. The smallest absolute Gasteiger partial charge is 0.134 e. The summed E-state index contributed by atoms with van der Waals surface area (Å²) < 4.78 is 8.32. The van der Waals surface area contributed by atoms with Crippen LogP contribution in [0.15, 0.2) is 39.4 Å². The van der Waals surface area contributed by atoms with Crippen LogP contribution >= 0.6 is 15.9 Å². The average Bonchev–Trinajstić information content (AvgIpc) is 2.91. The second-order valence-electron chi connectivity index (χ2n) is 4.08. The van der Waals surface area contributed by atoms with Crippen molar-refractivity contribution in [1.82, 2.24) is 9.78 Å². The molecule has 0 saturated heterocycles. The van der Waals surface area contributed by atoms with Gasteiger partial charge in [0.25, 0.3) is 0 Å². The summed E-state index contributed by atoms with van der Waals surface area (Å²) in [5.74, 6) is 0. The number of para-hydroxylation sites is 1. The molecule has 0 aliphatic heterocycles. The molecule has 2 N–H and O–H groups in total. The third-order valence-electron chi connectivity index (χ3n) is 2.99. The Morgan fingerprint density at radius 3 is 2.89 bits per heavy atom. The summed E-state index contributed by atoms with van der Waals surface area (Å²) in [4.78, 5) is 0. The van der Waals surface area contributed by atoms with E-state index in [1.165, 1.54) is 0 Å². The van der Waals surface area contributed by atoms with Crippen molar-refractivity contribution in [2.75, 3.05) is 0 Å². The highest BCUT2D eigenvalue weighted by atomic mass is 79.9. The van der Waals surface area contributed by atoms with Gasteiger partial charge in [0.2, 0.25) is 0 Å². The van der Waals surface area contributed by atoms with Crippen molar-refractivity contribution in [1.29, 1.82) is 0 Å². The lowest BCUT2D eigenvalue weighted by molar-refractivity contribution is 0.616. The number of halogens is 1. The van der Waals surface area contributed by atoms with Crippen molar-refractivity contribution in [3.8, 4) is 11.3 Å². The number of rotatable bonds is 2. The van der Waals surface area contributed by atoms with Gasteiger partial charge in [0, 0.05) is 24.5 Å². The van der Waals surface area contributed by atoms with Gasteiger partial charge in [-0.2, -0.15) is 5.10 Å². The molecule has 5 heteroatoms. The van der Waals surface area contributed by atoms with Crippen LogP contribution < -0.4 is 5.73 Å². The fourth-order valence-electron chi connectivity index (χ4n) is 2.14. The zero-order chi connectivity index (χ0) is 12.7. The summed E-state index contributed by atoms with van der Waals surface area (Å²) in [6, 6.07) is 7.94. The van der Waals surface area contributed by atoms with Crippen molar-refractivity contribution < 1.29 is 4.42 Å². The van der Waals surface area contributed by atoms with Gasteiger partial charge in [0.15, 0.2) is 0 Å². The van der Waals surface area contributed by atoms with Gasteiger partial charge in [-0.05, 0) is 22.0 Å². The van der Waals surface area contributed by atoms with E-state index in [-0.39, 0.29) is 0 Å². The van der Waals surface area contributed by atoms with E-state index in [1.807, 2.05) is 36.0 Å². The maximum atomic E-state index is 5.67. The Kier molecular flexibility index (Phi) is 2.72. The maximum Gasteiger partial charge on any atom is 0.134 e. The van der Waals surface area contributed by atoms with Gasteiger partial charge in [-0.1, -0.05) is 18.2 Å². The van der Waals surface area contributed by atoms with E-state index < -0.39 is 0 Å². The van der Waals surface area contributed by atoms with Crippen LogP contribution in [0.4, 0.5) is 0 Å². The van der Waals surface area contributed by atoms with Gasteiger partial charge in [0.1, 0.15) is 11.8 Å². The van der Waals surface area contributed by atoms with E-state index in [0.29, 0.717) is 6.54 Å². The highest BCUT2D eigenvalue weighted by molar-refractivity contribution is 9.10. The number of nitrogens with two attached hydrogens (primary N) is 1. The molecule has 0 fully saturated rings. The zero-order valence-electron chi connectivity index (χ0n) is 9.85. The van der Waals surface area contributed by atoms with Gasteiger partial charge in [-0.3, -0.25) is 4.68 Å². The predicted molar refractivity (Wildman–Crippen MR) is 74.0 cm³/mol. The molecule has 0 atom stereocenters. The number of hydrogen-bond acceptors (Lipinski definition) is 3. The van der Waals surface area contributed by atoms with Crippen LogP contribution in [0.5, 0.6) is 0 Å². The first-order chi connectivity index (χ1) is 8.72. The molecular formula is C13H12BrN3O. The monoisotopic (exact) mass is 305 g/mol. The minimum Gasteiger partial charge on any atom is -0.464 e. The lowest BCUT2D eigenvalue weighted by Gasteiger charge is -2.00. The van der Waals surface area contributed by atoms with Crippen LogP contribution in [-0.4, -0.2) is 9.78 Å². The summed E-state index contributed by atoms with van der Waals surface area (Å²) in [6.07, 6.45) is 1.76. The van der Waals surface area contributed by atoms with Gasteiger partial charge in [0.05, 0.1) is 15.9 Å². The molecule has 0 unspecified atom stereocenters. The third-order valence-corrected chi connectivity index (χ3v) is 3.82. The van der Waals surface area contributed by atoms with Crippen LogP contribution in [0.2, 0.25) is 0 Å². The number of aromatic nitrogens is 2. The fraction of sp³-hybridized carbons (Fsp3) is 0.154.